The molecule has 0 saturated heterocycles. The second-order valence-electron chi connectivity index (χ2n) is 3.83. The van der Waals surface area contributed by atoms with Crippen LogP contribution < -0.4 is 4.74 Å². The fourth-order valence-corrected chi connectivity index (χ4v) is 1.66. The Morgan fingerprint density at radius 3 is 2.61 bits per heavy atom. The number of aryl methyl sites for hydroxylation is 1. The normalized spacial score (nSPS) is 10.1. The molecule has 2 aromatic rings. The Labute approximate surface area is 106 Å². The summed E-state index contributed by atoms with van der Waals surface area (Å²) in [6.07, 6.45) is 4.28. The van der Waals surface area contributed by atoms with Crippen molar-refractivity contribution in [1.82, 2.24) is 9.97 Å². The Morgan fingerprint density at radius 1 is 1.28 bits per heavy atom. The zero-order valence-corrected chi connectivity index (χ0v) is 10.4. The fourth-order valence-electron chi connectivity index (χ4n) is 1.66. The zero-order chi connectivity index (χ0) is 13.0. The van der Waals surface area contributed by atoms with Crippen LogP contribution >= 0.6 is 0 Å². The summed E-state index contributed by atoms with van der Waals surface area (Å²) in [5.74, 6) is 1.44. The van der Waals surface area contributed by atoms with E-state index < -0.39 is 0 Å². The lowest BCUT2D eigenvalue weighted by Gasteiger charge is -2.10. The van der Waals surface area contributed by atoms with Crippen molar-refractivity contribution in [3.63, 3.8) is 0 Å². The minimum atomic E-state index is 0.570. The van der Waals surface area contributed by atoms with E-state index in [-0.39, 0.29) is 0 Å². The van der Waals surface area contributed by atoms with Gasteiger partial charge in [0.05, 0.1) is 6.61 Å². The molecule has 1 aromatic heterocycles. The van der Waals surface area contributed by atoms with E-state index in [0.717, 1.165) is 23.2 Å². The van der Waals surface area contributed by atoms with Crippen molar-refractivity contribution >= 4 is 6.29 Å². The standard InChI is InChI=1S/C14H14N2O2/c1-3-18-14-5-4-11(9-17)6-13(14)12-7-15-10(2)16-8-12/h4-9H,3H2,1-2H3. The van der Waals surface area contributed by atoms with Crippen LogP contribution in [0.5, 0.6) is 5.75 Å². The molecule has 0 fully saturated rings. The molecule has 0 atom stereocenters. The topological polar surface area (TPSA) is 52.1 Å². The van der Waals surface area contributed by atoms with E-state index in [2.05, 4.69) is 9.97 Å². The van der Waals surface area contributed by atoms with Gasteiger partial charge in [0, 0.05) is 29.1 Å². The van der Waals surface area contributed by atoms with Gasteiger partial charge in [-0.3, -0.25) is 4.79 Å². The second kappa shape index (κ2) is 5.40. The maximum atomic E-state index is 10.8. The van der Waals surface area contributed by atoms with E-state index in [4.69, 9.17) is 4.74 Å². The Hall–Kier alpha value is -2.23. The van der Waals surface area contributed by atoms with E-state index in [0.29, 0.717) is 18.0 Å². The SMILES string of the molecule is CCOc1ccc(C=O)cc1-c1cnc(C)nc1. The van der Waals surface area contributed by atoms with Crippen LogP contribution in [0.4, 0.5) is 0 Å². The van der Waals surface area contributed by atoms with Gasteiger partial charge in [-0.25, -0.2) is 9.97 Å². The highest BCUT2D eigenvalue weighted by Gasteiger charge is 2.08. The fraction of sp³-hybridized carbons (Fsp3) is 0.214. The number of ether oxygens (including phenoxy) is 1. The quantitative estimate of drug-likeness (QED) is 0.773. The van der Waals surface area contributed by atoms with Gasteiger partial charge in [0.2, 0.25) is 0 Å². The lowest BCUT2D eigenvalue weighted by Crippen LogP contribution is -1.96. The Morgan fingerprint density at radius 2 is 2.00 bits per heavy atom. The van der Waals surface area contributed by atoms with Crippen molar-refractivity contribution in [2.45, 2.75) is 13.8 Å². The molecule has 18 heavy (non-hydrogen) atoms. The van der Waals surface area contributed by atoms with Crippen LogP contribution in [0.1, 0.15) is 23.1 Å². The molecule has 1 heterocycles. The van der Waals surface area contributed by atoms with E-state index in [1.54, 1.807) is 30.6 Å². The molecule has 0 amide bonds. The molecule has 0 aliphatic heterocycles. The van der Waals surface area contributed by atoms with Crippen LogP contribution in [-0.2, 0) is 0 Å². The average Bonchev–Trinajstić information content (AvgIpc) is 2.40. The molecule has 2 rings (SSSR count). The van der Waals surface area contributed by atoms with Crippen molar-refractivity contribution in [1.29, 1.82) is 0 Å². The molecular weight excluding hydrogens is 228 g/mol. The van der Waals surface area contributed by atoms with Crippen molar-refractivity contribution in [2.75, 3.05) is 6.61 Å². The maximum absolute atomic E-state index is 10.8. The molecule has 0 spiro atoms. The van der Waals surface area contributed by atoms with E-state index in [9.17, 15) is 4.79 Å². The zero-order valence-electron chi connectivity index (χ0n) is 10.4. The van der Waals surface area contributed by atoms with Crippen LogP contribution in [0.25, 0.3) is 11.1 Å². The van der Waals surface area contributed by atoms with E-state index in [1.807, 2.05) is 13.8 Å². The van der Waals surface area contributed by atoms with Crippen LogP contribution in [0, 0.1) is 6.92 Å². The largest absolute Gasteiger partial charge is 0.493 e. The summed E-state index contributed by atoms with van der Waals surface area (Å²) in [5.41, 5.74) is 2.28. The number of hydrogen-bond donors (Lipinski definition) is 0. The van der Waals surface area contributed by atoms with Gasteiger partial charge in [0.25, 0.3) is 0 Å². The van der Waals surface area contributed by atoms with E-state index in [1.165, 1.54) is 0 Å². The minimum absolute atomic E-state index is 0.570. The maximum Gasteiger partial charge on any atom is 0.150 e. The number of hydrogen-bond acceptors (Lipinski definition) is 4. The number of aldehydes is 1. The van der Waals surface area contributed by atoms with Crippen molar-refractivity contribution in [2.24, 2.45) is 0 Å². The monoisotopic (exact) mass is 242 g/mol. The highest BCUT2D eigenvalue weighted by molar-refractivity contribution is 5.81. The molecule has 0 radical (unpaired) electrons. The summed E-state index contributed by atoms with van der Waals surface area (Å²) < 4.78 is 5.55. The highest BCUT2D eigenvalue weighted by Crippen LogP contribution is 2.30. The first kappa shape index (κ1) is 12.2. The molecule has 1 aromatic carbocycles. The number of rotatable bonds is 4. The first-order valence-electron chi connectivity index (χ1n) is 5.75. The van der Waals surface area contributed by atoms with Crippen LogP contribution in [0.2, 0.25) is 0 Å². The second-order valence-corrected chi connectivity index (χ2v) is 3.83. The van der Waals surface area contributed by atoms with Crippen LogP contribution in [0.15, 0.2) is 30.6 Å². The summed E-state index contributed by atoms with van der Waals surface area (Å²) in [7, 11) is 0. The summed E-state index contributed by atoms with van der Waals surface area (Å²) in [6, 6.07) is 5.31. The Kier molecular flexibility index (Phi) is 3.67. The summed E-state index contributed by atoms with van der Waals surface area (Å²) in [4.78, 5) is 19.2. The van der Waals surface area contributed by atoms with Gasteiger partial charge < -0.3 is 4.74 Å². The number of carbonyl (C=O) groups is 1. The predicted octanol–water partition coefficient (Wildman–Crippen LogP) is 2.66. The summed E-state index contributed by atoms with van der Waals surface area (Å²) in [5, 5.41) is 0. The molecule has 0 bridgehead atoms. The van der Waals surface area contributed by atoms with Crippen LogP contribution in [-0.4, -0.2) is 22.9 Å². The Bertz CT molecular complexity index is 550. The van der Waals surface area contributed by atoms with Gasteiger partial charge in [-0.1, -0.05) is 0 Å². The molecule has 0 N–H and O–H groups in total. The predicted molar refractivity (Wildman–Crippen MR) is 68.8 cm³/mol. The molecule has 0 aliphatic rings. The third-order valence-corrected chi connectivity index (χ3v) is 2.53. The molecule has 0 saturated carbocycles. The number of benzene rings is 1. The third-order valence-electron chi connectivity index (χ3n) is 2.53. The molecular formula is C14H14N2O2. The van der Waals surface area contributed by atoms with E-state index >= 15 is 0 Å². The molecule has 0 unspecified atom stereocenters. The Balaban J connectivity index is 2.51. The van der Waals surface area contributed by atoms with Crippen molar-refractivity contribution in [3.8, 4) is 16.9 Å². The van der Waals surface area contributed by atoms with Gasteiger partial charge in [-0.15, -0.1) is 0 Å². The minimum Gasteiger partial charge on any atom is -0.493 e. The van der Waals surface area contributed by atoms with Crippen LogP contribution in [0.3, 0.4) is 0 Å². The highest BCUT2D eigenvalue weighted by atomic mass is 16.5. The third kappa shape index (κ3) is 2.53. The van der Waals surface area contributed by atoms with Gasteiger partial charge in [0.15, 0.2) is 0 Å². The molecule has 92 valence electrons. The first-order chi connectivity index (χ1) is 8.74. The number of carbonyl (C=O) groups excluding carboxylic acids is 1. The van der Waals surface area contributed by atoms with Gasteiger partial charge in [-0.05, 0) is 32.0 Å². The van der Waals surface area contributed by atoms with Gasteiger partial charge in [0.1, 0.15) is 17.9 Å². The van der Waals surface area contributed by atoms with Crippen molar-refractivity contribution < 1.29 is 9.53 Å². The molecule has 4 nitrogen and oxygen atoms in total. The molecule has 0 aliphatic carbocycles. The van der Waals surface area contributed by atoms with Crippen molar-refractivity contribution in [3.05, 3.63) is 42.0 Å². The summed E-state index contributed by atoms with van der Waals surface area (Å²) in [6.45, 7) is 4.32. The van der Waals surface area contributed by atoms with Gasteiger partial charge >= 0.3 is 0 Å². The number of nitrogens with zero attached hydrogens (tertiary/aromatic N) is 2. The smallest absolute Gasteiger partial charge is 0.150 e. The lowest BCUT2D eigenvalue weighted by molar-refractivity contribution is 0.112. The first-order valence-corrected chi connectivity index (χ1v) is 5.75. The summed E-state index contributed by atoms with van der Waals surface area (Å²) >= 11 is 0. The van der Waals surface area contributed by atoms with Gasteiger partial charge in [-0.2, -0.15) is 0 Å². The lowest BCUT2D eigenvalue weighted by atomic mass is 10.1. The molecule has 4 heteroatoms. The average molecular weight is 242 g/mol. The number of aromatic nitrogens is 2.